The van der Waals surface area contributed by atoms with Crippen molar-refractivity contribution >= 4 is 21.6 Å². The van der Waals surface area contributed by atoms with E-state index >= 15 is 0 Å². The fourth-order valence-corrected chi connectivity index (χ4v) is 10.1. The molecule has 2 heteroatoms. The Hall–Kier alpha value is -3.98. The van der Waals surface area contributed by atoms with Crippen molar-refractivity contribution in [3.63, 3.8) is 0 Å². The summed E-state index contributed by atoms with van der Waals surface area (Å²) in [5.41, 5.74) is 18.5. The summed E-state index contributed by atoms with van der Waals surface area (Å²) in [5, 5.41) is 0.777. The van der Waals surface area contributed by atoms with E-state index in [9.17, 15) is 0 Å². The zero-order chi connectivity index (χ0) is 33.6. The van der Waals surface area contributed by atoms with Gasteiger partial charge < -0.3 is 0 Å². The Kier molecular flexibility index (Phi) is 10.9. The van der Waals surface area contributed by atoms with Crippen LogP contribution in [0.3, 0.4) is 0 Å². The number of rotatable bonds is 11. The molecule has 0 saturated carbocycles. The highest BCUT2D eigenvalue weighted by Crippen LogP contribution is 2.51. The molecule has 0 bridgehead atoms. The molecule has 0 fully saturated rings. The Morgan fingerprint density at radius 2 is 0.646 bits per heavy atom. The van der Waals surface area contributed by atoms with Crippen molar-refractivity contribution in [3.8, 4) is 44.5 Å². The highest BCUT2D eigenvalue weighted by Gasteiger charge is 2.21. The standard InChI is InChI=1S/C46H46S2/c1-7-45(35-25-27-41(37-21-13-9-17-31(37)3)43(29-35)39-23-15-11-19-33(39)5)47-48-46(8-2)36-26-28-42(38-22-14-10-18-32(38)4)44(30-36)40-24-16-12-20-34(40)6/h9-30,45-46H,7-8H2,1-6H3/t45-,46-/m1/s1. The number of hydrogen-bond acceptors (Lipinski definition) is 2. The summed E-state index contributed by atoms with van der Waals surface area (Å²) in [5.74, 6) is 0. The van der Waals surface area contributed by atoms with Gasteiger partial charge >= 0.3 is 0 Å². The van der Waals surface area contributed by atoms with Gasteiger partial charge in [0.2, 0.25) is 0 Å². The summed E-state index contributed by atoms with van der Waals surface area (Å²) >= 11 is 0. The summed E-state index contributed by atoms with van der Waals surface area (Å²) in [4.78, 5) is 0. The normalized spacial score (nSPS) is 12.5. The molecule has 0 aliphatic heterocycles. The average Bonchev–Trinajstić information content (AvgIpc) is 3.11. The zero-order valence-corrected chi connectivity index (χ0v) is 30.7. The Morgan fingerprint density at radius 1 is 0.354 bits per heavy atom. The van der Waals surface area contributed by atoms with E-state index in [-0.39, 0.29) is 0 Å². The molecule has 0 heterocycles. The Bertz CT molecular complexity index is 1870. The van der Waals surface area contributed by atoms with E-state index in [2.05, 4.69) is 175 Å². The van der Waals surface area contributed by atoms with Crippen LogP contribution in [-0.2, 0) is 0 Å². The first-order chi connectivity index (χ1) is 23.4. The quantitative estimate of drug-likeness (QED) is 0.127. The monoisotopic (exact) mass is 662 g/mol. The van der Waals surface area contributed by atoms with Gasteiger partial charge in [-0.2, -0.15) is 0 Å². The summed E-state index contributed by atoms with van der Waals surface area (Å²) in [6.07, 6.45) is 2.15. The van der Waals surface area contributed by atoms with E-state index in [0.717, 1.165) is 12.8 Å². The first-order valence-corrected chi connectivity index (χ1v) is 19.5. The Morgan fingerprint density at radius 3 is 0.938 bits per heavy atom. The lowest BCUT2D eigenvalue weighted by Crippen LogP contribution is -1.98. The van der Waals surface area contributed by atoms with E-state index in [1.54, 1.807) is 0 Å². The van der Waals surface area contributed by atoms with Crippen LogP contribution >= 0.6 is 21.6 Å². The lowest BCUT2D eigenvalue weighted by atomic mass is 9.88. The molecule has 0 aliphatic rings. The summed E-state index contributed by atoms with van der Waals surface area (Å²) in [6, 6.07) is 49.6. The molecule has 6 aromatic rings. The molecule has 0 spiro atoms. The highest BCUT2D eigenvalue weighted by atomic mass is 33.1. The third kappa shape index (κ3) is 7.21. The second kappa shape index (κ2) is 15.5. The molecule has 0 aliphatic carbocycles. The molecule has 0 nitrogen and oxygen atoms in total. The maximum absolute atomic E-state index is 2.47. The first-order valence-electron chi connectivity index (χ1n) is 17.2. The largest absolute Gasteiger partial charge is 0.0853 e. The van der Waals surface area contributed by atoms with Gasteiger partial charge in [-0.3, -0.25) is 0 Å². The minimum absolute atomic E-state index is 0.389. The van der Waals surface area contributed by atoms with Crippen molar-refractivity contribution in [2.75, 3.05) is 0 Å². The van der Waals surface area contributed by atoms with E-state index in [1.165, 1.54) is 77.9 Å². The van der Waals surface area contributed by atoms with E-state index in [1.807, 2.05) is 21.6 Å². The predicted octanol–water partition coefficient (Wildman–Crippen LogP) is 14.6. The highest BCUT2D eigenvalue weighted by molar-refractivity contribution is 8.76. The summed E-state index contributed by atoms with van der Waals surface area (Å²) in [7, 11) is 4.08. The van der Waals surface area contributed by atoms with E-state index in [4.69, 9.17) is 0 Å². The molecule has 2 atom stereocenters. The smallest absolute Gasteiger partial charge is 0.0398 e. The van der Waals surface area contributed by atoms with Gasteiger partial charge in [0.15, 0.2) is 0 Å². The van der Waals surface area contributed by atoms with Crippen LogP contribution in [0.15, 0.2) is 133 Å². The third-order valence-corrected chi connectivity index (χ3v) is 13.1. The molecule has 0 radical (unpaired) electrons. The minimum Gasteiger partial charge on any atom is -0.0853 e. The topological polar surface area (TPSA) is 0 Å². The Balaban J connectivity index is 1.34. The van der Waals surface area contributed by atoms with Gasteiger partial charge in [0.05, 0.1) is 0 Å². The first kappa shape index (κ1) is 33.9. The van der Waals surface area contributed by atoms with Gasteiger partial charge in [0, 0.05) is 10.5 Å². The molecular formula is C46H46S2. The fraction of sp³-hybridized carbons (Fsp3) is 0.217. The van der Waals surface area contributed by atoms with Crippen molar-refractivity contribution in [1.82, 2.24) is 0 Å². The predicted molar refractivity (Wildman–Crippen MR) is 215 cm³/mol. The van der Waals surface area contributed by atoms with Crippen LogP contribution in [0.1, 0.15) is 70.6 Å². The van der Waals surface area contributed by atoms with Gasteiger partial charge in [-0.05, 0) is 131 Å². The lowest BCUT2D eigenvalue weighted by molar-refractivity contribution is 0.894. The van der Waals surface area contributed by atoms with Crippen molar-refractivity contribution in [3.05, 3.63) is 167 Å². The SMILES string of the molecule is CC[C@@H](SS[C@H](CC)c1ccc(-c2ccccc2C)c(-c2ccccc2C)c1)c1ccc(-c2ccccc2C)c(-c2ccccc2C)c1. The van der Waals surface area contributed by atoms with Crippen molar-refractivity contribution in [2.24, 2.45) is 0 Å². The molecule has 48 heavy (non-hydrogen) atoms. The van der Waals surface area contributed by atoms with Gasteiger partial charge in [-0.1, -0.05) is 157 Å². The molecule has 6 rings (SSSR count). The summed E-state index contributed by atoms with van der Waals surface area (Å²) < 4.78 is 0. The molecule has 0 aromatic heterocycles. The number of benzene rings is 6. The van der Waals surface area contributed by atoms with Crippen LogP contribution in [0.4, 0.5) is 0 Å². The molecule has 0 saturated heterocycles. The lowest BCUT2D eigenvalue weighted by Gasteiger charge is -2.23. The summed E-state index contributed by atoms with van der Waals surface area (Å²) in [6.45, 7) is 13.6. The second-order valence-electron chi connectivity index (χ2n) is 12.9. The van der Waals surface area contributed by atoms with Crippen LogP contribution in [-0.4, -0.2) is 0 Å². The minimum atomic E-state index is 0.389. The van der Waals surface area contributed by atoms with Crippen molar-refractivity contribution < 1.29 is 0 Å². The molecule has 0 unspecified atom stereocenters. The Labute approximate surface area is 296 Å². The maximum Gasteiger partial charge on any atom is 0.0398 e. The number of aryl methyl sites for hydroxylation is 4. The molecule has 6 aromatic carbocycles. The van der Waals surface area contributed by atoms with Crippen LogP contribution < -0.4 is 0 Å². The van der Waals surface area contributed by atoms with Gasteiger partial charge in [-0.15, -0.1) is 0 Å². The molecule has 0 N–H and O–H groups in total. The molecule has 0 amide bonds. The number of hydrogen-bond donors (Lipinski definition) is 0. The zero-order valence-electron chi connectivity index (χ0n) is 29.1. The maximum atomic E-state index is 2.47. The van der Waals surface area contributed by atoms with Crippen LogP contribution in [0, 0.1) is 27.7 Å². The van der Waals surface area contributed by atoms with Gasteiger partial charge in [0.1, 0.15) is 0 Å². The average molecular weight is 663 g/mol. The fourth-order valence-electron chi connectivity index (χ4n) is 6.79. The third-order valence-electron chi connectivity index (χ3n) is 9.60. The van der Waals surface area contributed by atoms with Crippen molar-refractivity contribution in [2.45, 2.75) is 64.9 Å². The van der Waals surface area contributed by atoms with Crippen LogP contribution in [0.25, 0.3) is 44.5 Å². The van der Waals surface area contributed by atoms with E-state index < -0.39 is 0 Å². The van der Waals surface area contributed by atoms with Gasteiger partial charge in [0.25, 0.3) is 0 Å². The van der Waals surface area contributed by atoms with Crippen LogP contribution in [0.2, 0.25) is 0 Å². The van der Waals surface area contributed by atoms with E-state index in [0.29, 0.717) is 10.5 Å². The second-order valence-corrected chi connectivity index (χ2v) is 15.5. The van der Waals surface area contributed by atoms with Crippen LogP contribution in [0.5, 0.6) is 0 Å². The van der Waals surface area contributed by atoms with Crippen molar-refractivity contribution in [1.29, 1.82) is 0 Å². The van der Waals surface area contributed by atoms with Gasteiger partial charge in [-0.25, -0.2) is 0 Å². The molecular weight excluding hydrogens is 617 g/mol. The molecule has 242 valence electrons.